The largest absolute Gasteiger partial charge is 0.320 e. The number of carbonyl (C=O) groups excluding carboxylic acids is 2. The highest BCUT2D eigenvalue weighted by molar-refractivity contribution is 6.34. The molecule has 0 aliphatic heterocycles. The van der Waals surface area contributed by atoms with Crippen LogP contribution in [0, 0.1) is 13.8 Å². The highest BCUT2D eigenvalue weighted by Crippen LogP contribution is 2.23. The number of amides is 2. The first-order valence-electron chi connectivity index (χ1n) is 11.3. The van der Waals surface area contributed by atoms with E-state index in [0.717, 1.165) is 41.7 Å². The van der Waals surface area contributed by atoms with Crippen LogP contribution in [0.4, 0.5) is 11.4 Å². The molecule has 1 saturated carbocycles. The third-order valence-electron chi connectivity index (χ3n) is 6.01. The Morgan fingerprint density at radius 1 is 0.812 bits per heavy atom. The van der Waals surface area contributed by atoms with Crippen LogP contribution in [0.2, 0.25) is 10.0 Å². The first-order valence-corrected chi connectivity index (χ1v) is 12.0. The summed E-state index contributed by atoms with van der Waals surface area (Å²) < 4.78 is 0. The van der Waals surface area contributed by atoms with Gasteiger partial charge in [-0.1, -0.05) is 48.2 Å². The topological polar surface area (TPSA) is 62.6 Å². The zero-order valence-corrected chi connectivity index (χ0v) is 20.3. The van der Waals surface area contributed by atoms with Crippen LogP contribution in [0.5, 0.6) is 0 Å². The number of aryl methyl sites for hydroxylation is 2. The number of anilines is 2. The van der Waals surface area contributed by atoms with Crippen LogP contribution in [0.25, 0.3) is 0 Å². The second kappa shape index (κ2) is 11.7. The lowest BCUT2D eigenvalue weighted by molar-refractivity contribution is -0.910. The van der Waals surface area contributed by atoms with E-state index in [9.17, 15) is 9.59 Å². The number of halogens is 2. The molecule has 5 nitrogen and oxygen atoms in total. The van der Waals surface area contributed by atoms with Crippen LogP contribution in [0.15, 0.2) is 36.4 Å². The fourth-order valence-electron chi connectivity index (χ4n) is 4.28. The molecule has 7 heteroatoms. The summed E-state index contributed by atoms with van der Waals surface area (Å²) in [6.45, 7) is 4.33. The molecule has 2 aromatic rings. The molecule has 0 saturated heterocycles. The van der Waals surface area contributed by atoms with Crippen molar-refractivity contribution in [3.05, 3.63) is 57.6 Å². The third-order valence-corrected chi connectivity index (χ3v) is 6.63. The standard InChI is InChI=1S/C25H31Cl2N3O2/c1-17-9-11-22(20(26)13-17)28-24(31)15-30(19-7-5-3-4-6-8-19)16-25(32)29-23-12-10-18(2)14-21(23)27/h9-14,19H,3-8,15-16H2,1-2H3,(H,28,31)(H,29,32)/p+1. The maximum atomic E-state index is 12.9. The lowest BCUT2D eigenvalue weighted by atomic mass is 10.1. The fraction of sp³-hybridized carbons (Fsp3) is 0.440. The van der Waals surface area contributed by atoms with Crippen LogP contribution in [-0.4, -0.2) is 30.9 Å². The molecule has 0 spiro atoms. The van der Waals surface area contributed by atoms with Crippen molar-refractivity contribution in [3.63, 3.8) is 0 Å². The van der Waals surface area contributed by atoms with Crippen LogP contribution in [-0.2, 0) is 9.59 Å². The van der Waals surface area contributed by atoms with Crippen LogP contribution in [0.3, 0.4) is 0 Å². The first kappa shape index (κ1) is 24.6. The van der Waals surface area contributed by atoms with Crippen molar-refractivity contribution >= 4 is 46.4 Å². The zero-order valence-electron chi connectivity index (χ0n) is 18.8. The summed E-state index contributed by atoms with van der Waals surface area (Å²) in [4.78, 5) is 26.7. The summed E-state index contributed by atoms with van der Waals surface area (Å²) in [5.74, 6) is -0.285. The average molecular weight is 477 g/mol. The van der Waals surface area contributed by atoms with Gasteiger partial charge in [0.05, 0.1) is 27.5 Å². The normalized spacial score (nSPS) is 14.8. The van der Waals surface area contributed by atoms with E-state index in [2.05, 4.69) is 10.6 Å². The molecule has 3 rings (SSSR count). The van der Waals surface area contributed by atoms with Crippen molar-refractivity contribution < 1.29 is 14.5 Å². The molecule has 0 bridgehead atoms. The minimum absolute atomic E-state index is 0.142. The SMILES string of the molecule is Cc1ccc(NC(=O)C[NH+](CC(=O)Nc2ccc(C)cc2Cl)C2CCCCCC2)c(Cl)c1. The summed E-state index contributed by atoms with van der Waals surface area (Å²) in [7, 11) is 0. The van der Waals surface area contributed by atoms with Crippen molar-refractivity contribution in [2.24, 2.45) is 0 Å². The minimum atomic E-state index is -0.142. The van der Waals surface area contributed by atoms with E-state index in [-0.39, 0.29) is 30.9 Å². The highest BCUT2D eigenvalue weighted by Gasteiger charge is 2.28. The molecular formula is C25H32Cl2N3O2+. The summed E-state index contributed by atoms with van der Waals surface area (Å²) in [5, 5.41) is 6.86. The van der Waals surface area contributed by atoms with Crippen molar-refractivity contribution in [3.8, 4) is 0 Å². The molecule has 0 unspecified atom stereocenters. The number of rotatable bonds is 7. The number of benzene rings is 2. The Kier molecular flexibility index (Phi) is 8.97. The van der Waals surface area contributed by atoms with Gasteiger partial charge in [-0.3, -0.25) is 9.59 Å². The van der Waals surface area contributed by atoms with E-state index >= 15 is 0 Å². The molecule has 0 radical (unpaired) electrons. The Morgan fingerprint density at radius 3 is 1.66 bits per heavy atom. The molecule has 1 aliphatic rings. The van der Waals surface area contributed by atoms with E-state index in [1.54, 1.807) is 0 Å². The Labute approximate surface area is 200 Å². The number of hydrogen-bond donors (Lipinski definition) is 3. The number of quaternary nitrogens is 1. The van der Waals surface area contributed by atoms with Gasteiger partial charge >= 0.3 is 0 Å². The third kappa shape index (κ3) is 7.22. The lowest BCUT2D eigenvalue weighted by Crippen LogP contribution is -3.17. The molecule has 1 fully saturated rings. The maximum absolute atomic E-state index is 12.9. The van der Waals surface area contributed by atoms with Crippen LogP contribution in [0.1, 0.15) is 49.7 Å². The van der Waals surface area contributed by atoms with Gasteiger partial charge in [0.1, 0.15) is 0 Å². The molecule has 3 N–H and O–H groups in total. The van der Waals surface area contributed by atoms with E-state index in [1.807, 2.05) is 50.2 Å². The number of carbonyl (C=O) groups is 2. The van der Waals surface area contributed by atoms with Gasteiger partial charge in [0, 0.05) is 0 Å². The average Bonchev–Trinajstić information content (AvgIpc) is 3.01. The Balaban J connectivity index is 1.69. The predicted octanol–water partition coefficient (Wildman–Crippen LogP) is 4.80. The summed E-state index contributed by atoms with van der Waals surface area (Å²) in [6, 6.07) is 11.4. The molecule has 172 valence electrons. The van der Waals surface area contributed by atoms with Gasteiger partial charge in [0.2, 0.25) is 0 Å². The van der Waals surface area contributed by atoms with Gasteiger partial charge in [0.25, 0.3) is 11.8 Å². The van der Waals surface area contributed by atoms with Gasteiger partial charge in [0.15, 0.2) is 13.1 Å². The fourth-order valence-corrected chi connectivity index (χ4v) is 4.85. The second-order valence-corrected chi connectivity index (χ2v) is 9.58. The highest BCUT2D eigenvalue weighted by atomic mass is 35.5. The molecule has 32 heavy (non-hydrogen) atoms. The van der Waals surface area contributed by atoms with Crippen molar-refractivity contribution in [1.82, 2.24) is 0 Å². The van der Waals surface area contributed by atoms with Crippen molar-refractivity contribution in [2.45, 2.75) is 58.4 Å². The molecular weight excluding hydrogens is 445 g/mol. The Hall–Kier alpha value is -2.08. The maximum Gasteiger partial charge on any atom is 0.279 e. The number of nitrogens with one attached hydrogen (secondary N) is 3. The molecule has 0 atom stereocenters. The zero-order chi connectivity index (χ0) is 23.1. The van der Waals surface area contributed by atoms with E-state index in [1.165, 1.54) is 12.8 Å². The second-order valence-electron chi connectivity index (χ2n) is 8.76. The molecule has 2 amide bonds. The lowest BCUT2D eigenvalue weighted by Gasteiger charge is -2.27. The van der Waals surface area contributed by atoms with Gasteiger partial charge in [-0.25, -0.2) is 0 Å². The minimum Gasteiger partial charge on any atom is -0.320 e. The van der Waals surface area contributed by atoms with Gasteiger partial charge < -0.3 is 15.5 Å². The molecule has 1 aliphatic carbocycles. The van der Waals surface area contributed by atoms with Crippen molar-refractivity contribution in [1.29, 1.82) is 0 Å². The Bertz CT molecular complexity index is 889. The Morgan fingerprint density at radius 2 is 1.25 bits per heavy atom. The predicted molar refractivity (Wildman–Crippen MR) is 132 cm³/mol. The van der Waals surface area contributed by atoms with E-state index < -0.39 is 0 Å². The van der Waals surface area contributed by atoms with E-state index in [4.69, 9.17) is 23.2 Å². The molecule has 0 aromatic heterocycles. The van der Waals surface area contributed by atoms with Gasteiger partial charge in [-0.2, -0.15) is 0 Å². The summed E-state index contributed by atoms with van der Waals surface area (Å²) in [6.07, 6.45) is 6.72. The van der Waals surface area contributed by atoms with E-state index in [0.29, 0.717) is 21.4 Å². The quantitative estimate of drug-likeness (QED) is 0.502. The smallest absolute Gasteiger partial charge is 0.279 e. The summed E-state index contributed by atoms with van der Waals surface area (Å²) >= 11 is 12.6. The van der Waals surface area contributed by atoms with Crippen molar-refractivity contribution in [2.75, 3.05) is 23.7 Å². The van der Waals surface area contributed by atoms with Gasteiger partial charge in [-0.15, -0.1) is 0 Å². The summed E-state index contributed by atoms with van der Waals surface area (Å²) in [5.41, 5.74) is 3.26. The van der Waals surface area contributed by atoms with Crippen LogP contribution < -0.4 is 15.5 Å². The van der Waals surface area contributed by atoms with Gasteiger partial charge in [-0.05, 0) is 74.9 Å². The number of hydrogen-bond acceptors (Lipinski definition) is 2. The molecule has 0 heterocycles. The first-order chi connectivity index (χ1) is 15.3. The molecule has 2 aromatic carbocycles. The monoisotopic (exact) mass is 476 g/mol. The van der Waals surface area contributed by atoms with Crippen LogP contribution >= 0.6 is 23.2 Å².